The molecule has 0 spiro atoms. The summed E-state index contributed by atoms with van der Waals surface area (Å²) in [5.41, 5.74) is 1.24. The second-order valence-electron chi connectivity index (χ2n) is 3.84. The summed E-state index contributed by atoms with van der Waals surface area (Å²) in [6.45, 7) is 1.91. The third-order valence-corrected chi connectivity index (χ3v) is 2.88. The van der Waals surface area contributed by atoms with Crippen molar-refractivity contribution in [2.24, 2.45) is 4.99 Å². The van der Waals surface area contributed by atoms with Gasteiger partial charge in [0.2, 0.25) is 0 Å². The standard InChI is InChI=1S/C13H13ClN2O/c1-3-5-11-15-12(13(17)16(11)2)9-6-4-7-10(14)8-9/h3-8,11H,1-2H3. The van der Waals surface area contributed by atoms with Crippen molar-refractivity contribution < 1.29 is 4.79 Å². The smallest absolute Gasteiger partial charge is 0.274 e. The van der Waals surface area contributed by atoms with Gasteiger partial charge in [0.25, 0.3) is 5.91 Å². The number of benzene rings is 1. The van der Waals surface area contributed by atoms with Crippen LogP contribution < -0.4 is 0 Å². The Balaban J connectivity index is 2.39. The molecule has 4 heteroatoms. The van der Waals surface area contributed by atoms with Crippen molar-refractivity contribution in [3.05, 3.63) is 47.0 Å². The molecule has 1 aromatic rings. The molecule has 1 amide bonds. The molecule has 3 nitrogen and oxygen atoms in total. The molecule has 0 radical (unpaired) electrons. The third-order valence-electron chi connectivity index (χ3n) is 2.64. The fraction of sp³-hybridized carbons (Fsp3) is 0.231. The molecule has 1 aliphatic heterocycles. The van der Waals surface area contributed by atoms with Crippen molar-refractivity contribution in [1.29, 1.82) is 0 Å². The van der Waals surface area contributed by atoms with Crippen molar-refractivity contribution in [3.63, 3.8) is 0 Å². The number of nitrogens with zero attached hydrogens (tertiary/aromatic N) is 2. The Morgan fingerprint density at radius 2 is 2.24 bits per heavy atom. The molecule has 0 N–H and O–H groups in total. The van der Waals surface area contributed by atoms with Gasteiger partial charge in [0.1, 0.15) is 11.9 Å². The van der Waals surface area contributed by atoms with Gasteiger partial charge < -0.3 is 4.90 Å². The Hall–Kier alpha value is -1.61. The average Bonchev–Trinajstić information content (AvgIpc) is 2.58. The normalized spacial score (nSPS) is 20.2. The van der Waals surface area contributed by atoms with Crippen LogP contribution >= 0.6 is 11.6 Å². The van der Waals surface area contributed by atoms with E-state index in [0.29, 0.717) is 10.7 Å². The highest BCUT2D eigenvalue weighted by Gasteiger charge is 2.30. The van der Waals surface area contributed by atoms with E-state index < -0.39 is 0 Å². The minimum atomic E-state index is -0.207. The number of likely N-dealkylation sites (N-methyl/N-ethyl adjacent to an activating group) is 1. The van der Waals surface area contributed by atoms with Crippen molar-refractivity contribution in [3.8, 4) is 0 Å². The predicted molar refractivity (Wildman–Crippen MR) is 69.4 cm³/mol. The first-order chi connectivity index (χ1) is 8.13. The van der Waals surface area contributed by atoms with E-state index in [4.69, 9.17) is 11.6 Å². The highest BCUT2D eigenvalue weighted by molar-refractivity contribution is 6.47. The zero-order valence-corrected chi connectivity index (χ0v) is 10.5. The van der Waals surface area contributed by atoms with E-state index in [1.165, 1.54) is 0 Å². The van der Waals surface area contributed by atoms with Crippen LogP contribution in [0.3, 0.4) is 0 Å². The predicted octanol–water partition coefficient (Wildman–Crippen LogP) is 2.50. The number of carbonyl (C=O) groups is 1. The zero-order valence-electron chi connectivity index (χ0n) is 9.72. The van der Waals surface area contributed by atoms with Gasteiger partial charge in [0.05, 0.1) is 0 Å². The Labute approximate surface area is 105 Å². The second kappa shape index (κ2) is 4.72. The van der Waals surface area contributed by atoms with Crippen LogP contribution in [-0.4, -0.2) is 29.7 Å². The lowest BCUT2D eigenvalue weighted by molar-refractivity contribution is -0.122. The Morgan fingerprint density at radius 3 is 2.88 bits per heavy atom. The highest BCUT2D eigenvalue weighted by Crippen LogP contribution is 2.18. The molecule has 1 aromatic carbocycles. The molecule has 1 heterocycles. The van der Waals surface area contributed by atoms with Crippen LogP contribution in [0.25, 0.3) is 0 Å². The van der Waals surface area contributed by atoms with E-state index in [0.717, 1.165) is 5.56 Å². The first-order valence-corrected chi connectivity index (χ1v) is 5.75. The topological polar surface area (TPSA) is 32.7 Å². The molecule has 0 saturated carbocycles. The maximum absolute atomic E-state index is 12.0. The molecule has 88 valence electrons. The van der Waals surface area contributed by atoms with Crippen molar-refractivity contribution in [2.45, 2.75) is 13.1 Å². The van der Waals surface area contributed by atoms with Crippen LogP contribution in [0.15, 0.2) is 41.4 Å². The number of aliphatic imine (C=N–C) groups is 1. The van der Waals surface area contributed by atoms with Crippen LogP contribution in [0.4, 0.5) is 0 Å². The lowest BCUT2D eigenvalue weighted by Crippen LogP contribution is -2.31. The SMILES string of the molecule is CC=CC1N=C(c2cccc(Cl)c2)C(=O)N1C. The maximum Gasteiger partial charge on any atom is 0.274 e. The number of hydrogen-bond donors (Lipinski definition) is 0. The van der Waals surface area contributed by atoms with Crippen LogP contribution in [0.2, 0.25) is 5.02 Å². The van der Waals surface area contributed by atoms with Gasteiger partial charge >= 0.3 is 0 Å². The van der Waals surface area contributed by atoms with E-state index in [2.05, 4.69) is 4.99 Å². The van der Waals surface area contributed by atoms with Gasteiger partial charge in [-0.15, -0.1) is 0 Å². The second-order valence-corrected chi connectivity index (χ2v) is 4.28. The summed E-state index contributed by atoms with van der Waals surface area (Å²) in [6, 6.07) is 7.19. The van der Waals surface area contributed by atoms with Crippen molar-refractivity contribution in [2.75, 3.05) is 7.05 Å². The Kier molecular flexibility index (Phi) is 3.29. The van der Waals surface area contributed by atoms with Gasteiger partial charge in [-0.1, -0.05) is 29.8 Å². The van der Waals surface area contributed by atoms with Gasteiger partial charge in [-0.2, -0.15) is 0 Å². The van der Waals surface area contributed by atoms with Crippen molar-refractivity contribution >= 4 is 23.2 Å². The van der Waals surface area contributed by atoms with Crippen molar-refractivity contribution in [1.82, 2.24) is 4.90 Å². The number of amides is 1. The molecule has 2 rings (SSSR count). The lowest BCUT2D eigenvalue weighted by Gasteiger charge is -2.13. The molecule has 0 fully saturated rings. The summed E-state index contributed by atoms with van der Waals surface area (Å²) < 4.78 is 0. The van der Waals surface area contributed by atoms with Crippen LogP contribution in [0, 0.1) is 0 Å². The summed E-state index contributed by atoms with van der Waals surface area (Å²) in [6.07, 6.45) is 3.57. The minimum Gasteiger partial charge on any atom is -0.315 e. The summed E-state index contributed by atoms with van der Waals surface area (Å²) in [5.74, 6) is -0.0737. The summed E-state index contributed by atoms with van der Waals surface area (Å²) >= 11 is 5.91. The fourth-order valence-corrected chi connectivity index (χ4v) is 1.93. The third kappa shape index (κ3) is 2.24. The molecule has 0 bridgehead atoms. The van der Waals surface area contributed by atoms with Gasteiger partial charge in [-0.25, -0.2) is 4.99 Å². The van der Waals surface area contributed by atoms with Crippen LogP contribution in [0.5, 0.6) is 0 Å². The number of allylic oxidation sites excluding steroid dienone is 1. The molecule has 17 heavy (non-hydrogen) atoms. The van der Waals surface area contributed by atoms with E-state index in [1.54, 1.807) is 24.1 Å². The van der Waals surface area contributed by atoms with Gasteiger partial charge in [-0.05, 0) is 25.1 Å². The monoisotopic (exact) mass is 248 g/mol. The maximum atomic E-state index is 12.0. The lowest BCUT2D eigenvalue weighted by atomic mass is 10.1. The Bertz CT molecular complexity index is 508. The summed E-state index contributed by atoms with van der Waals surface area (Å²) in [7, 11) is 1.74. The minimum absolute atomic E-state index is 0.0737. The quantitative estimate of drug-likeness (QED) is 0.741. The largest absolute Gasteiger partial charge is 0.315 e. The molecule has 1 unspecified atom stereocenters. The van der Waals surface area contributed by atoms with E-state index in [1.807, 2.05) is 31.2 Å². The highest BCUT2D eigenvalue weighted by atomic mass is 35.5. The molecule has 0 aromatic heterocycles. The molecule has 0 aliphatic carbocycles. The summed E-state index contributed by atoms with van der Waals surface area (Å²) in [5, 5.41) is 0.607. The fourth-order valence-electron chi connectivity index (χ4n) is 1.74. The summed E-state index contributed by atoms with van der Waals surface area (Å²) in [4.78, 5) is 18.0. The molecule has 1 atom stereocenters. The van der Waals surface area contributed by atoms with E-state index in [-0.39, 0.29) is 12.1 Å². The average molecular weight is 249 g/mol. The van der Waals surface area contributed by atoms with E-state index in [9.17, 15) is 4.79 Å². The number of rotatable bonds is 2. The molecule has 0 saturated heterocycles. The first kappa shape index (κ1) is 11.9. The first-order valence-electron chi connectivity index (χ1n) is 5.37. The van der Waals surface area contributed by atoms with Crippen LogP contribution in [-0.2, 0) is 4.79 Å². The molecule has 1 aliphatic rings. The number of carbonyl (C=O) groups excluding carboxylic acids is 1. The zero-order chi connectivity index (χ0) is 12.4. The number of halogens is 1. The van der Waals surface area contributed by atoms with Crippen LogP contribution in [0.1, 0.15) is 12.5 Å². The van der Waals surface area contributed by atoms with Gasteiger partial charge in [-0.3, -0.25) is 4.79 Å². The van der Waals surface area contributed by atoms with Gasteiger partial charge in [0, 0.05) is 17.6 Å². The number of hydrogen-bond acceptors (Lipinski definition) is 2. The van der Waals surface area contributed by atoms with Gasteiger partial charge in [0.15, 0.2) is 0 Å². The Morgan fingerprint density at radius 1 is 1.47 bits per heavy atom. The molecular formula is C13H13ClN2O. The van der Waals surface area contributed by atoms with E-state index >= 15 is 0 Å². The molecular weight excluding hydrogens is 236 g/mol.